The molecule has 2 heterocycles. The topological polar surface area (TPSA) is 76.3 Å². The Morgan fingerprint density at radius 1 is 1.25 bits per heavy atom. The van der Waals surface area contributed by atoms with Crippen LogP contribution in [0.3, 0.4) is 0 Å². The van der Waals surface area contributed by atoms with Crippen molar-refractivity contribution < 1.29 is 22.9 Å². The van der Waals surface area contributed by atoms with Gasteiger partial charge in [0.2, 0.25) is 5.89 Å². The van der Waals surface area contributed by atoms with E-state index in [9.17, 15) is 18.4 Å². The van der Waals surface area contributed by atoms with E-state index in [4.69, 9.17) is 4.52 Å². The lowest BCUT2D eigenvalue weighted by molar-refractivity contribution is -0.114. The van der Waals surface area contributed by atoms with Crippen molar-refractivity contribution in [3.05, 3.63) is 41.0 Å². The largest absolute Gasteiger partial charge is 0.337 e. The molecule has 6 nitrogen and oxygen atoms in total. The monoisotopic (exact) mass is 279 g/mol. The first-order valence-electron chi connectivity index (χ1n) is 5.62. The summed E-state index contributed by atoms with van der Waals surface area (Å²) >= 11 is 0. The lowest BCUT2D eigenvalue weighted by Crippen LogP contribution is -2.29. The number of hydrogen-bond donors (Lipinski definition) is 0. The zero-order chi connectivity index (χ0) is 14.4. The molecule has 20 heavy (non-hydrogen) atoms. The summed E-state index contributed by atoms with van der Waals surface area (Å²) in [4.78, 5) is 28.4. The van der Waals surface area contributed by atoms with Gasteiger partial charge < -0.3 is 4.52 Å². The number of Topliss-reactive ketones (excluding diaryl/α,β-unsaturated/α-hetero) is 1. The van der Waals surface area contributed by atoms with Crippen LogP contribution in [-0.4, -0.2) is 21.8 Å². The third kappa shape index (κ3) is 1.77. The van der Waals surface area contributed by atoms with Gasteiger partial charge in [-0.3, -0.25) is 14.5 Å². The molecular weight excluding hydrogens is 272 g/mol. The number of ketones is 1. The fraction of sp³-hybridized carbons (Fsp3) is 0.167. The summed E-state index contributed by atoms with van der Waals surface area (Å²) in [7, 11) is 0. The van der Waals surface area contributed by atoms with Crippen molar-refractivity contribution in [2.45, 2.75) is 13.5 Å². The molecule has 102 valence electrons. The summed E-state index contributed by atoms with van der Waals surface area (Å²) in [5.74, 6) is -3.64. The van der Waals surface area contributed by atoms with Gasteiger partial charge in [-0.15, -0.1) is 0 Å². The molecule has 0 saturated carbocycles. The van der Waals surface area contributed by atoms with Crippen LogP contribution in [0.5, 0.6) is 0 Å². The molecule has 1 aliphatic rings. The maximum atomic E-state index is 13.3. The first-order chi connectivity index (χ1) is 9.47. The summed E-state index contributed by atoms with van der Waals surface area (Å²) in [5.41, 5.74) is -0.181. The Labute approximate surface area is 111 Å². The van der Waals surface area contributed by atoms with Crippen molar-refractivity contribution in [2.75, 3.05) is 4.90 Å². The molecule has 0 atom stereocenters. The number of carbonyl (C=O) groups excluding carboxylic acids is 2. The number of hydrogen-bond acceptors (Lipinski definition) is 5. The minimum atomic E-state index is -1.18. The third-order valence-corrected chi connectivity index (χ3v) is 2.88. The number of carbonyl (C=O) groups is 2. The number of rotatable bonds is 2. The molecule has 0 aliphatic carbocycles. The number of aryl methyl sites for hydroxylation is 1. The number of benzene rings is 1. The Bertz CT molecular complexity index is 742. The Balaban J connectivity index is 2.03. The van der Waals surface area contributed by atoms with E-state index in [1.54, 1.807) is 6.92 Å². The summed E-state index contributed by atoms with van der Waals surface area (Å²) in [6.45, 7) is 1.41. The van der Waals surface area contributed by atoms with E-state index in [0.29, 0.717) is 11.9 Å². The second-order valence-corrected chi connectivity index (χ2v) is 4.24. The van der Waals surface area contributed by atoms with Crippen molar-refractivity contribution in [1.29, 1.82) is 0 Å². The molecule has 2 aromatic rings. The lowest BCUT2D eigenvalue weighted by atomic mass is 10.1. The van der Waals surface area contributed by atoms with Gasteiger partial charge in [-0.2, -0.15) is 4.98 Å². The minimum absolute atomic E-state index is 0.00486. The van der Waals surface area contributed by atoms with Crippen molar-refractivity contribution in [1.82, 2.24) is 10.1 Å². The summed E-state index contributed by atoms with van der Waals surface area (Å²) in [6.07, 6.45) is 0. The molecule has 3 rings (SSSR count). The highest BCUT2D eigenvalue weighted by Crippen LogP contribution is 2.31. The molecule has 0 N–H and O–H groups in total. The zero-order valence-corrected chi connectivity index (χ0v) is 10.2. The zero-order valence-electron chi connectivity index (χ0n) is 10.2. The first-order valence-corrected chi connectivity index (χ1v) is 5.62. The van der Waals surface area contributed by atoms with E-state index in [1.807, 2.05) is 0 Å². The van der Waals surface area contributed by atoms with Gasteiger partial charge in [-0.1, -0.05) is 5.16 Å². The Morgan fingerprint density at radius 2 is 1.95 bits per heavy atom. The van der Waals surface area contributed by atoms with Gasteiger partial charge in [0.05, 0.1) is 11.3 Å². The molecule has 0 bridgehead atoms. The number of amides is 1. The van der Waals surface area contributed by atoms with Gasteiger partial charge >= 0.3 is 0 Å². The predicted molar refractivity (Wildman–Crippen MR) is 60.9 cm³/mol. The van der Waals surface area contributed by atoms with Crippen molar-refractivity contribution in [3.63, 3.8) is 0 Å². The minimum Gasteiger partial charge on any atom is -0.337 e. The van der Waals surface area contributed by atoms with E-state index in [1.165, 1.54) is 0 Å². The van der Waals surface area contributed by atoms with Crippen molar-refractivity contribution >= 4 is 17.4 Å². The molecule has 1 aliphatic heterocycles. The first kappa shape index (κ1) is 12.4. The number of halogens is 2. The summed E-state index contributed by atoms with van der Waals surface area (Å²) in [5, 5.41) is 3.55. The fourth-order valence-corrected chi connectivity index (χ4v) is 1.99. The van der Waals surface area contributed by atoms with E-state index in [-0.39, 0.29) is 23.7 Å². The van der Waals surface area contributed by atoms with Gasteiger partial charge in [0.25, 0.3) is 11.7 Å². The smallest absolute Gasteiger partial charge is 0.299 e. The molecule has 1 amide bonds. The van der Waals surface area contributed by atoms with Crippen molar-refractivity contribution in [3.8, 4) is 0 Å². The van der Waals surface area contributed by atoms with E-state index >= 15 is 0 Å². The molecule has 0 radical (unpaired) electrons. The number of anilines is 1. The predicted octanol–water partition coefficient (Wildman–Crippen LogP) is 1.39. The SMILES string of the molecule is Cc1noc(CN2C(=O)C(=O)c3cc(F)c(F)cc32)n1. The molecule has 0 fully saturated rings. The average Bonchev–Trinajstić information content (AvgIpc) is 2.90. The summed E-state index contributed by atoms with van der Waals surface area (Å²) in [6, 6.07) is 1.51. The maximum Gasteiger partial charge on any atom is 0.299 e. The Morgan fingerprint density at radius 3 is 2.60 bits per heavy atom. The fourth-order valence-electron chi connectivity index (χ4n) is 1.99. The van der Waals surface area contributed by atoms with Crippen LogP contribution in [0.25, 0.3) is 0 Å². The van der Waals surface area contributed by atoms with Gasteiger partial charge in [0.1, 0.15) is 6.54 Å². The highest BCUT2D eigenvalue weighted by atomic mass is 19.2. The molecule has 0 unspecified atom stereocenters. The standard InChI is InChI=1S/C12H7F2N3O3/c1-5-15-10(20-16-5)4-17-9-3-8(14)7(13)2-6(9)11(18)12(17)19/h2-3H,4H2,1H3. The van der Waals surface area contributed by atoms with Crippen LogP contribution < -0.4 is 4.90 Å². The van der Waals surface area contributed by atoms with Crippen LogP contribution in [0.2, 0.25) is 0 Å². The van der Waals surface area contributed by atoms with E-state index in [0.717, 1.165) is 11.0 Å². The number of aromatic nitrogens is 2. The van der Waals surface area contributed by atoms with E-state index in [2.05, 4.69) is 10.1 Å². The van der Waals surface area contributed by atoms with Gasteiger partial charge in [-0.05, 0) is 13.0 Å². The molecule has 0 spiro atoms. The number of nitrogens with zero attached hydrogens (tertiary/aromatic N) is 3. The van der Waals surface area contributed by atoms with Crippen LogP contribution in [0, 0.1) is 18.6 Å². The van der Waals surface area contributed by atoms with Crippen LogP contribution >= 0.6 is 0 Å². The molecule has 8 heteroatoms. The second kappa shape index (κ2) is 4.19. The van der Waals surface area contributed by atoms with Gasteiger partial charge in [0.15, 0.2) is 17.5 Å². The average molecular weight is 279 g/mol. The van der Waals surface area contributed by atoms with Crippen LogP contribution in [0.4, 0.5) is 14.5 Å². The molecule has 0 saturated heterocycles. The normalized spacial score (nSPS) is 14.1. The third-order valence-electron chi connectivity index (χ3n) is 2.88. The van der Waals surface area contributed by atoms with Crippen LogP contribution in [0.15, 0.2) is 16.7 Å². The molecular formula is C12H7F2N3O3. The maximum absolute atomic E-state index is 13.3. The quantitative estimate of drug-likeness (QED) is 0.776. The van der Waals surface area contributed by atoms with Crippen LogP contribution in [-0.2, 0) is 11.3 Å². The number of fused-ring (bicyclic) bond motifs is 1. The lowest BCUT2D eigenvalue weighted by Gasteiger charge is -2.13. The summed E-state index contributed by atoms with van der Waals surface area (Å²) < 4.78 is 31.2. The Hall–Kier alpha value is -2.64. The second-order valence-electron chi connectivity index (χ2n) is 4.24. The van der Waals surface area contributed by atoms with Gasteiger partial charge in [-0.25, -0.2) is 8.78 Å². The molecule has 1 aromatic heterocycles. The van der Waals surface area contributed by atoms with Gasteiger partial charge in [0, 0.05) is 6.07 Å². The van der Waals surface area contributed by atoms with E-state index < -0.39 is 23.3 Å². The highest BCUT2D eigenvalue weighted by molar-refractivity contribution is 6.52. The van der Waals surface area contributed by atoms with Crippen LogP contribution in [0.1, 0.15) is 22.1 Å². The Kier molecular flexibility index (Phi) is 2.60. The molecule has 1 aromatic carbocycles. The van der Waals surface area contributed by atoms with Crippen molar-refractivity contribution in [2.24, 2.45) is 0 Å². The highest BCUT2D eigenvalue weighted by Gasteiger charge is 2.37.